The van der Waals surface area contributed by atoms with Crippen molar-refractivity contribution < 1.29 is 4.74 Å². The van der Waals surface area contributed by atoms with Crippen molar-refractivity contribution >= 4 is 0 Å². The number of nitrogens with zero attached hydrogens (tertiary/aromatic N) is 1. The zero-order valence-corrected chi connectivity index (χ0v) is 18.8. The number of ether oxygens (including phenoxy) is 1. The Morgan fingerprint density at radius 2 is 1.52 bits per heavy atom. The molecule has 0 spiro atoms. The molecule has 0 saturated carbocycles. The first-order valence-corrected chi connectivity index (χ1v) is 11.4. The van der Waals surface area contributed by atoms with Crippen molar-refractivity contribution in [3.05, 3.63) is 149 Å². The molecule has 3 heteroatoms. The Bertz CT molecular complexity index is 1190. The molecule has 0 fully saturated rings. The fourth-order valence-electron chi connectivity index (χ4n) is 4.16. The number of hydrogen-bond donors (Lipinski definition) is 0. The summed E-state index contributed by atoms with van der Waals surface area (Å²) in [6, 6.07) is 32.7. The average molecular weight is 436 g/mol. The molecule has 0 saturated heterocycles. The van der Waals surface area contributed by atoms with Gasteiger partial charge in [0.25, 0.3) is 5.56 Å². The van der Waals surface area contributed by atoms with E-state index in [4.69, 9.17) is 4.74 Å². The summed E-state index contributed by atoms with van der Waals surface area (Å²) >= 11 is 0. The number of rotatable bonds is 10. The Morgan fingerprint density at radius 3 is 2.18 bits per heavy atom. The fraction of sp³-hybridized carbons (Fsp3) is 0.167. The predicted octanol–water partition coefficient (Wildman–Crippen LogP) is 6.23. The van der Waals surface area contributed by atoms with Crippen molar-refractivity contribution in [2.24, 2.45) is 0 Å². The van der Waals surface area contributed by atoms with E-state index >= 15 is 0 Å². The average Bonchev–Trinajstić information content (AvgIpc) is 2.86. The Kier molecular flexibility index (Phi) is 7.55. The summed E-state index contributed by atoms with van der Waals surface area (Å²) in [6.07, 6.45) is 5.51. The second-order valence-electron chi connectivity index (χ2n) is 8.10. The van der Waals surface area contributed by atoms with Gasteiger partial charge in [0.05, 0.1) is 0 Å². The van der Waals surface area contributed by atoms with Gasteiger partial charge in [-0.2, -0.15) is 0 Å². The van der Waals surface area contributed by atoms with Crippen LogP contribution in [0.3, 0.4) is 0 Å². The lowest BCUT2D eigenvalue weighted by atomic mass is 9.86. The third-order valence-corrected chi connectivity index (χ3v) is 5.74. The molecule has 166 valence electrons. The largest absolute Gasteiger partial charge is 0.490 e. The monoisotopic (exact) mass is 435 g/mol. The summed E-state index contributed by atoms with van der Waals surface area (Å²) in [4.78, 5) is 12.6. The SMILES string of the molecule is C=CCOc1cccc(CCCn2cc(C(c3ccccc3)c3ccccc3)ccc2=O)c1. The Balaban J connectivity index is 1.53. The fourth-order valence-corrected chi connectivity index (χ4v) is 4.16. The van der Waals surface area contributed by atoms with E-state index in [0.717, 1.165) is 24.2 Å². The lowest BCUT2D eigenvalue weighted by molar-refractivity contribution is 0.363. The van der Waals surface area contributed by atoms with Gasteiger partial charge in [0.1, 0.15) is 12.4 Å². The van der Waals surface area contributed by atoms with Gasteiger partial charge in [-0.3, -0.25) is 4.79 Å². The molecule has 33 heavy (non-hydrogen) atoms. The number of aromatic nitrogens is 1. The summed E-state index contributed by atoms with van der Waals surface area (Å²) in [5.41, 5.74) is 4.77. The van der Waals surface area contributed by atoms with Crippen molar-refractivity contribution in [3.8, 4) is 5.75 Å². The van der Waals surface area contributed by atoms with Crippen molar-refractivity contribution in [2.45, 2.75) is 25.3 Å². The lowest BCUT2D eigenvalue weighted by Gasteiger charge is -2.20. The summed E-state index contributed by atoms with van der Waals surface area (Å²) in [6.45, 7) is 4.85. The quantitative estimate of drug-likeness (QED) is 0.277. The van der Waals surface area contributed by atoms with Crippen LogP contribution in [0.1, 0.15) is 34.6 Å². The second kappa shape index (κ2) is 11.1. The maximum absolute atomic E-state index is 12.6. The molecule has 0 aliphatic carbocycles. The van der Waals surface area contributed by atoms with Crippen molar-refractivity contribution in [1.82, 2.24) is 4.57 Å². The Labute approximate surface area is 195 Å². The van der Waals surface area contributed by atoms with E-state index in [0.29, 0.717) is 13.2 Å². The van der Waals surface area contributed by atoms with Gasteiger partial charge in [0, 0.05) is 24.7 Å². The van der Waals surface area contributed by atoms with E-state index in [1.54, 1.807) is 12.1 Å². The number of aryl methyl sites for hydroxylation is 2. The minimum atomic E-state index is 0.0293. The van der Waals surface area contributed by atoms with Gasteiger partial charge in [-0.15, -0.1) is 0 Å². The minimum absolute atomic E-state index is 0.0293. The van der Waals surface area contributed by atoms with E-state index in [2.05, 4.69) is 67.2 Å². The van der Waals surface area contributed by atoms with Crippen molar-refractivity contribution in [3.63, 3.8) is 0 Å². The van der Waals surface area contributed by atoms with Crippen LogP contribution in [-0.2, 0) is 13.0 Å². The molecule has 0 aliphatic rings. The smallest absolute Gasteiger partial charge is 0.250 e. The molecular formula is C30H29NO2. The van der Waals surface area contributed by atoms with Crippen LogP contribution in [-0.4, -0.2) is 11.2 Å². The van der Waals surface area contributed by atoms with Gasteiger partial charge in [-0.25, -0.2) is 0 Å². The first-order chi connectivity index (χ1) is 16.2. The molecule has 0 radical (unpaired) electrons. The van der Waals surface area contributed by atoms with Gasteiger partial charge in [0.2, 0.25) is 0 Å². The normalized spacial score (nSPS) is 10.8. The van der Waals surface area contributed by atoms with Crippen LogP contribution < -0.4 is 10.3 Å². The molecule has 1 aromatic heterocycles. The topological polar surface area (TPSA) is 31.2 Å². The predicted molar refractivity (Wildman–Crippen MR) is 135 cm³/mol. The highest BCUT2D eigenvalue weighted by molar-refractivity contribution is 5.42. The van der Waals surface area contributed by atoms with E-state index in [1.807, 2.05) is 41.1 Å². The zero-order chi connectivity index (χ0) is 22.9. The van der Waals surface area contributed by atoms with E-state index in [-0.39, 0.29) is 11.5 Å². The molecule has 3 nitrogen and oxygen atoms in total. The van der Waals surface area contributed by atoms with Crippen molar-refractivity contribution in [1.29, 1.82) is 0 Å². The van der Waals surface area contributed by atoms with Crippen LogP contribution in [0, 0.1) is 0 Å². The summed E-state index contributed by atoms with van der Waals surface area (Å²) in [5.74, 6) is 0.929. The molecule has 0 N–H and O–H groups in total. The highest BCUT2D eigenvalue weighted by atomic mass is 16.5. The first-order valence-electron chi connectivity index (χ1n) is 11.4. The van der Waals surface area contributed by atoms with Crippen LogP contribution in [0.15, 0.2) is 121 Å². The Morgan fingerprint density at radius 1 is 0.818 bits per heavy atom. The summed E-state index contributed by atoms with van der Waals surface area (Å²) < 4.78 is 7.47. The standard InChI is InChI=1S/C30H29NO2/c1-2-21-33-28-17-9-11-24(22-28)12-10-20-31-23-27(18-19-29(31)32)30(25-13-5-3-6-14-25)26-15-7-4-8-16-26/h2-9,11,13-19,22-23,30H,1,10,12,20-21H2. The molecule has 0 aliphatic heterocycles. The second-order valence-corrected chi connectivity index (χ2v) is 8.10. The molecule has 0 atom stereocenters. The number of hydrogen-bond acceptors (Lipinski definition) is 2. The summed E-state index contributed by atoms with van der Waals surface area (Å²) in [7, 11) is 0. The van der Waals surface area contributed by atoms with Crippen LogP contribution in [0.5, 0.6) is 5.75 Å². The van der Waals surface area contributed by atoms with Gasteiger partial charge in [0.15, 0.2) is 0 Å². The maximum atomic E-state index is 12.6. The van der Waals surface area contributed by atoms with E-state index < -0.39 is 0 Å². The van der Waals surface area contributed by atoms with Crippen LogP contribution in [0.25, 0.3) is 0 Å². The summed E-state index contributed by atoms with van der Waals surface area (Å²) in [5, 5.41) is 0. The number of benzene rings is 3. The van der Waals surface area contributed by atoms with Gasteiger partial charge in [-0.1, -0.05) is 91.5 Å². The van der Waals surface area contributed by atoms with Crippen LogP contribution in [0.4, 0.5) is 0 Å². The zero-order valence-electron chi connectivity index (χ0n) is 18.8. The molecule has 1 heterocycles. The lowest BCUT2D eigenvalue weighted by Crippen LogP contribution is -2.20. The number of pyridine rings is 1. The first kappa shape index (κ1) is 22.3. The molecule has 0 bridgehead atoms. The van der Waals surface area contributed by atoms with Crippen molar-refractivity contribution in [2.75, 3.05) is 6.61 Å². The van der Waals surface area contributed by atoms with Gasteiger partial charge >= 0.3 is 0 Å². The highest BCUT2D eigenvalue weighted by Crippen LogP contribution is 2.31. The van der Waals surface area contributed by atoms with Crippen LogP contribution >= 0.6 is 0 Å². The molecular weight excluding hydrogens is 406 g/mol. The molecule has 4 rings (SSSR count). The van der Waals surface area contributed by atoms with E-state index in [9.17, 15) is 4.79 Å². The van der Waals surface area contributed by atoms with E-state index in [1.165, 1.54) is 16.7 Å². The maximum Gasteiger partial charge on any atom is 0.250 e. The third-order valence-electron chi connectivity index (χ3n) is 5.74. The Hall–Kier alpha value is -3.85. The molecule has 3 aromatic carbocycles. The van der Waals surface area contributed by atoms with Gasteiger partial charge < -0.3 is 9.30 Å². The third kappa shape index (κ3) is 5.89. The molecule has 0 unspecified atom stereocenters. The minimum Gasteiger partial charge on any atom is -0.490 e. The van der Waals surface area contributed by atoms with Crippen LogP contribution in [0.2, 0.25) is 0 Å². The molecule has 0 amide bonds. The highest BCUT2D eigenvalue weighted by Gasteiger charge is 2.17. The molecule has 4 aromatic rings. The van der Waals surface area contributed by atoms with Gasteiger partial charge in [-0.05, 0) is 47.2 Å².